The second-order valence-corrected chi connectivity index (χ2v) is 8.70. The molecule has 2 heterocycles. The zero-order valence-electron chi connectivity index (χ0n) is 15.4. The molecule has 5 nitrogen and oxygen atoms in total. The number of carbonyl (C=O) groups is 1. The van der Waals surface area contributed by atoms with Gasteiger partial charge in [0.25, 0.3) is 0 Å². The van der Waals surface area contributed by atoms with Gasteiger partial charge in [-0.1, -0.05) is 6.08 Å². The molecule has 4 fully saturated rings. The molecule has 0 spiro atoms. The van der Waals surface area contributed by atoms with E-state index < -0.39 is 0 Å². The molecule has 140 valence electrons. The summed E-state index contributed by atoms with van der Waals surface area (Å²) in [6.07, 6.45) is 10.7. The topological polar surface area (TPSA) is 60.6 Å². The fourth-order valence-corrected chi connectivity index (χ4v) is 4.61. The van der Waals surface area contributed by atoms with Crippen molar-refractivity contribution in [2.75, 3.05) is 19.8 Å². The van der Waals surface area contributed by atoms with E-state index >= 15 is 0 Å². The minimum absolute atomic E-state index is 0.119. The maximum atomic E-state index is 11.8. The molecule has 0 N–H and O–H groups in total. The third kappa shape index (κ3) is 4.09. The quantitative estimate of drug-likeness (QED) is 0.306. The number of fused-ring (bicyclic) bond motifs is 2. The lowest BCUT2D eigenvalue weighted by Gasteiger charge is -2.22. The molecular formula is C20H30O5. The van der Waals surface area contributed by atoms with Gasteiger partial charge in [0, 0.05) is 12.7 Å². The molecule has 5 heteroatoms. The molecule has 2 aliphatic carbocycles. The fourth-order valence-electron chi connectivity index (χ4n) is 4.61. The molecule has 4 rings (SSSR count). The van der Waals surface area contributed by atoms with Crippen LogP contribution in [-0.2, 0) is 23.7 Å². The highest BCUT2D eigenvalue weighted by Gasteiger charge is 2.56. The van der Waals surface area contributed by atoms with Gasteiger partial charge in [0.2, 0.25) is 0 Å². The lowest BCUT2D eigenvalue weighted by Crippen LogP contribution is -2.25. The number of epoxide rings is 2. The summed E-state index contributed by atoms with van der Waals surface area (Å²) in [4.78, 5) is 11.8. The summed E-state index contributed by atoms with van der Waals surface area (Å²) in [5.74, 6) is 0.745. The molecule has 2 saturated carbocycles. The summed E-state index contributed by atoms with van der Waals surface area (Å²) < 4.78 is 22.4. The molecule has 2 saturated heterocycles. The van der Waals surface area contributed by atoms with Gasteiger partial charge in [0.05, 0.1) is 36.6 Å². The maximum Gasteiger partial charge on any atom is 0.330 e. The first kappa shape index (κ1) is 17.5. The van der Waals surface area contributed by atoms with Crippen LogP contribution < -0.4 is 0 Å². The van der Waals surface area contributed by atoms with Gasteiger partial charge in [0.15, 0.2) is 0 Å². The number of rotatable bonds is 7. The Morgan fingerprint density at radius 1 is 1.08 bits per heavy atom. The number of esters is 1. The minimum Gasteiger partial charge on any atom is -0.462 e. The Morgan fingerprint density at radius 3 is 2.72 bits per heavy atom. The molecule has 6 atom stereocenters. The van der Waals surface area contributed by atoms with Gasteiger partial charge in [-0.2, -0.15) is 0 Å². The van der Waals surface area contributed by atoms with Crippen molar-refractivity contribution >= 4 is 5.97 Å². The molecule has 4 aliphatic rings. The van der Waals surface area contributed by atoms with Crippen LogP contribution in [0.3, 0.4) is 0 Å². The van der Waals surface area contributed by atoms with Crippen molar-refractivity contribution < 1.29 is 23.7 Å². The summed E-state index contributed by atoms with van der Waals surface area (Å²) >= 11 is 0. The van der Waals surface area contributed by atoms with Crippen molar-refractivity contribution in [1.82, 2.24) is 0 Å². The maximum absolute atomic E-state index is 11.8. The summed E-state index contributed by atoms with van der Waals surface area (Å²) in [5.41, 5.74) is 0.244. The third-order valence-corrected chi connectivity index (χ3v) is 6.48. The molecule has 0 bridgehead atoms. The molecular weight excluding hydrogens is 320 g/mol. The van der Waals surface area contributed by atoms with Crippen LogP contribution in [0.4, 0.5) is 0 Å². The van der Waals surface area contributed by atoms with E-state index in [1.807, 2.05) is 0 Å². The Bertz CT molecular complexity index is 546. The van der Waals surface area contributed by atoms with E-state index in [2.05, 4.69) is 13.8 Å². The van der Waals surface area contributed by atoms with E-state index in [1.54, 1.807) is 6.08 Å². The Balaban J connectivity index is 1.06. The van der Waals surface area contributed by atoms with Crippen LogP contribution in [0.2, 0.25) is 0 Å². The van der Waals surface area contributed by atoms with Crippen molar-refractivity contribution in [3.63, 3.8) is 0 Å². The lowest BCUT2D eigenvalue weighted by molar-refractivity contribution is -0.139. The predicted octanol–water partition coefficient (Wildman–Crippen LogP) is 3.02. The third-order valence-electron chi connectivity index (χ3n) is 6.48. The molecule has 0 radical (unpaired) electrons. The highest BCUT2D eigenvalue weighted by atomic mass is 16.6. The zero-order valence-corrected chi connectivity index (χ0v) is 15.4. The molecule has 0 amide bonds. The highest BCUT2D eigenvalue weighted by Crippen LogP contribution is 2.50. The summed E-state index contributed by atoms with van der Waals surface area (Å²) in [7, 11) is 0. The predicted molar refractivity (Wildman–Crippen MR) is 92.2 cm³/mol. The number of ether oxygens (including phenoxy) is 4. The van der Waals surface area contributed by atoms with Crippen molar-refractivity contribution in [2.24, 2.45) is 11.8 Å². The molecule has 0 aromatic rings. The fraction of sp³-hybridized carbons (Fsp3) is 0.850. The van der Waals surface area contributed by atoms with Crippen LogP contribution in [0, 0.1) is 11.8 Å². The van der Waals surface area contributed by atoms with Gasteiger partial charge in [-0.3, -0.25) is 0 Å². The van der Waals surface area contributed by atoms with Crippen LogP contribution >= 0.6 is 0 Å². The van der Waals surface area contributed by atoms with E-state index in [1.165, 1.54) is 12.5 Å². The Kier molecular flexibility index (Phi) is 4.67. The van der Waals surface area contributed by atoms with Gasteiger partial charge < -0.3 is 18.9 Å². The Labute approximate surface area is 150 Å². The van der Waals surface area contributed by atoms with Crippen LogP contribution in [0.15, 0.2) is 12.2 Å². The van der Waals surface area contributed by atoms with Crippen molar-refractivity contribution in [2.45, 2.75) is 75.8 Å². The number of hydrogen-bond acceptors (Lipinski definition) is 5. The summed E-state index contributed by atoms with van der Waals surface area (Å²) in [5, 5.41) is 0. The minimum atomic E-state index is -0.270. The van der Waals surface area contributed by atoms with Crippen molar-refractivity contribution in [3.8, 4) is 0 Å². The van der Waals surface area contributed by atoms with Crippen molar-refractivity contribution in [3.05, 3.63) is 12.2 Å². The first-order valence-corrected chi connectivity index (χ1v) is 9.73. The zero-order chi connectivity index (χ0) is 17.5. The van der Waals surface area contributed by atoms with Crippen LogP contribution in [-0.4, -0.2) is 49.2 Å². The number of hydrogen-bond donors (Lipinski definition) is 0. The van der Waals surface area contributed by atoms with E-state index in [0.717, 1.165) is 38.7 Å². The Morgan fingerprint density at radius 2 is 1.92 bits per heavy atom. The molecule has 6 unspecified atom stereocenters. The van der Waals surface area contributed by atoms with Crippen LogP contribution in [0.25, 0.3) is 0 Å². The van der Waals surface area contributed by atoms with E-state index in [9.17, 15) is 4.79 Å². The van der Waals surface area contributed by atoms with E-state index in [4.69, 9.17) is 18.9 Å². The monoisotopic (exact) mass is 350 g/mol. The summed E-state index contributed by atoms with van der Waals surface area (Å²) in [6, 6.07) is 0. The molecule has 0 aromatic carbocycles. The van der Waals surface area contributed by atoms with Crippen LogP contribution in [0.1, 0.15) is 52.4 Å². The van der Waals surface area contributed by atoms with Gasteiger partial charge >= 0.3 is 5.97 Å². The van der Waals surface area contributed by atoms with Crippen molar-refractivity contribution in [1.29, 1.82) is 0 Å². The highest BCUT2D eigenvalue weighted by molar-refractivity contribution is 5.81. The summed E-state index contributed by atoms with van der Waals surface area (Å²) in [6.45, 7) is 6.08. The van der Waals surface area contributed by atoms with Gasteiger partial charge in [-0.25, -0.2) is 4.79 Å². The molecule has 0 aromatic heterocycles. The SMILES string of the molecule is CC12CCC(COC(=O)/C=C/COCC3CCC4OC4(C)C3)CC1O2. The first-order chi connectivity index (χ1) is 12.0. The smallest absolute Gasteiger partial charge is 0.330 e. The van der Waals surface area contributed by atoms with Gasteiger partial charge in [0.1, 0.15) is 0 Å². The lowest BCUT2D eigenvalue weighted by atomic mass is 9.83. The van der Waals surface area contributed by atoms with Gasteiger partial charge in [-0.15, -0.1) is 0 Å². The second kappa shape index (κ2) is 6.67. The normalized spacial score (nSPS) is 44.9. The van der Waals surface area contributed by atoms with Gasteiger partial charge in [-0.05, 0) is 64.2 Å². The second-order valence-electron chi connectivity index (χ2n) is 8.70. The molecule has 25 heavy (non-hydrogen) atoms. The largest absolute Gasteiger partial charge is 0.462 e. The average molecular weight is 350 g/mol. The first-order valence-electron chi connectivity index (χ1n) is 9.73. The standard InChI is InChI=1S/C20H30O5/c1-19-8-7-14(10-17(19)25-19)13-23-18(21)4-3-9-22-12-15-5-6-16-20(2,11-15)24-16/h3-4,14-17H,5-13H2,1-2H3/b4-3+. The number of carbonyl (C=O) groups excluding carboxylic acids is 1. The van der Waals surface area contributed by atoms with E-state index in [0.29, 0.717) is 37.3 Å². The van der Waals surface area contributed by atoms with E-state index in [-0.39, 0.29) is 17.2 Å². The molecule has 2 aliphatic heterocycles. The van der Waals surface area contributed by atoms with Crippen LogP contribution in [0.5, 0.6) is 0 Å². The average Bonchev–Trinajstić information content (AvgIpc) is 3.44. The Hall–Kier alpha value is -0.910.